The molecule has 1 saturated heterocycles. The maximum absolute atomic E-state index is 13.7. The number of Topliss-reactive ketones (excluding diaryl/α,β-unsaturated/α-hetero) is 1. The second-order valence-corrected chi connectivity index (χ2v) is 10.8. The van der Waals surface area contributed by atoms with Gasteiger partial charge in [-0.25, -0.2) is 0 Å². The molecular weight excluding hydrogens is 614 g/mol. The number of alkyl halides is 1. The van der Waals surface area contributed by atoms with Crippen LogP contribution in [0.2, 0.25) is 0 Å². The second-order valence-electron chi connectivity index (χ2n) is 10.2. The molecule has 0 bridgehead atoms. The van der Waals surface area contributed by atoms with E-state index in [0.717, 1.165) is 0 Å². The predicted octanol–water partition coefficient (Wildman–Crippen LogP) is -2.31. The highest BCUT2D eigenvalue weighted by atomic mass is 79.9. The minimum absolute atomic E-state index is 0. The van der Waals surface area contributed by atoms with Crippen molar-refractivity contribution in [3.63, 3.8) is 0 Å². The maximum atomic E-state index is 13.7. The Morgan fingerprint density at radius 3 is 2.48 bits per heavy atom. The zero-order chi connectivity index (χ0) is 28.4. The van der Waals surface area contributed by atoms with E-state index in [1.165, 1.54) is 25.3 Å². The lowest BCUT2D eigenvalue weighted by Crippen LogP contribution is -3.00. The van der Waals surface area contributed by atoms with E-state index in [1.54, 1.807) is 6.92 Å². The van der Waals surface area contributed by atoms with Crippen LogP contribution < -0.4 is 22.9 Å². The zero-order valence-electron chi connectivity index (χ0n) is 21.6. The van der Waals surface area contributed by atoms with Gasteiger partial charge in [0, 0.05) is 29.5 Å². The Hall–Kier alpha value is -2.58. The van der Waals surface area contributed by atoms with Crippen LogP contribution in [0.4, 0.5) is 0 Å². The number of methoxy groups -OCH3 is 1. The molecule has 7 N–H and O–H groups in total. The van der Waals surface area contributed by atoms with Crippen molar-refractivity contribution in [1.29, 1.82) is 0 Å². The Morgan fingerprint density at radius 2 is 1.85 bits per heavy atom. The van der Waals surface area contributed by atoms with Crippen LogP contribution >= 0.6 is 15.9 Å². The third kappa shape index (κ3) is 4.61. The Morgan fingerprint density at radius 1 is 1.18 bits per heavy atom. The molecule has 3 aliphatic rings. The molecule has 2 aromatic rings. The number of aliphatic hydroxyl groups is 2. The summed E-state index contributed by atoms with van der Waals surface area (Å²) in [5.41, 5.74) is 0.899. The van der Waals surface area contributed by atoms with Crippen molar-refractivity contribution in [2.75, 3.05) is 12.4 Å². The lowest BCUT2D eigenvalue weighted by molar-refractivity contribution is -0.466. The fraction of sp³-hybridized carbons (Fsp3) is 0.444. The molecule has 0 unspecified atom stereocenters. The van der Waals surface area contributed by atoms with Gasteiger partial charge >= 0.3 is 0 Å². The number of hydrogen-bond acceptors (Lipinski definition) is 10. The minimum atomic E-state index is -2.02. The highest BCUT2D eigenvalue weighted by Gasteiger charge is 2.50. The van der Waals surface area contributed by atoms with Crippen molar-refractivity contribution in [2.45, 2.75) is 62.4 Å². The highest BCUT2D eigenvalue weighted by molar-refractivity contribution is 9.09. The third-order valence-corrected chi connectivity index (χ3v) is 8.37. The van der Waals surface area contributed by atoms with Gasteiger partial charge < -0.3 is 52.8 Å². The molecule has 0 radical (unpaired) electrons. The fourth-order valence-electron chi connectivity index (χ4n) is 5.79. The first-order valence-electron chi connectivity index (χ1n) is 12.4. The molecule has 0 aromatic heterocycles. The van der Waals surface area contributed by atoms with E-state index in [9.17, 15) is 34.8 Å². The van der Waals surface area contributed by atoms with Gasteiger partial charge in [-0.2, -0.15) is 0 Å². The number of carbonyl (C=O) groups is 3. The molecule has 1 fully saturated rings. The van der Waals surface area contributed by atoms with E-state index in [0.29, 0.717) is 0 Å². The van der Waals surface area contributed by atoms with Gasteiger partial charge in [-0.05, 0) is 13.0 Å². The standard InChI is InChI=1S/C27H28BrNO10.ClH/c1-10-22(31)13(29)6-17(38-10)39-15-8-27(36,16(30)9-28)7-12-19(15)26(35)21-20(24(12)33)23(32)11-4-3-5-14(37-2)18(11)25(21)34;/h3-5,10,13,15,17,22,31,33,35-36H,6-9,29H2,1-2H3;1H/t10-,13-,15-,17-,22+,27-;/m0./s1. The number of carbonyl (C=O) groups excluding carboxylic acids is 3. The normalized spacial score (nSPS) is 29.1. The molecule has 11 nitrogen and oxygen atoms in total. The molecule has 13 heteroatoms. The number of phenols is 2. The Bertz CT molecular complexity index is 1390. The average Bonchev–Trinajstić information content (AvgIpc) is 2.90. The smallest absolute Gasteiger partial charge is 0.202 e. The number of benzene rings is 2. The van der Waals surface area contributed by atoms with Gasteiger partial charge in [-0.1, -0.05) is 28.1 Å². The summed E-state index contributed by atoms with van der Waals surface area (Å²) in [4.78, 5) is 40.0. The number of phenolic OH excluding ortho intramolecular Hbond substituents is 2. The topological polar surface area (TPSA) is 187 Å². The number of aromatic hydroxyl groups is 2. The van der Waals surface area contributed by atoms with E-state index in [-0.39, 0.29) is 58.6 Å². The van der Waals surface area contributed by atoms with Crippen LogP contribution in [0.1, 0.15) is 68.8 Å². The van der Waals surface area contributed by atoms with Crippen LogP contribution in [0.5, 0.6) is 17.2 Å². The molecule has 1 aliphatic heterocycles. The number of hydrogen-bond donors (Lipinski definition) is 5. The number of ether oxygens (including phenoxy) is 3. The molecule has 0 saturated carbocycles. The summed E-state index contributed by atoms with van der Waals surface area (Å²) in [6.45, 7) is 1.65. The van der Waals surface area contributed by atoms with Gasteiger partial charge in [0.2, 0.25) is 5.78 Å². The van der Waals surface area contributed by atoms with Crippen molar-refractivity contribution in [3.8, 4) is 17.2 Å². The van der Waals surface area contributed by atoms with Gasteiger partial charge in [-0.15, -0.1) is 0 Å². The minimum Gasteiger partial charge on any atom is -1.00 e. The van der Waals surface area contributed by atoms with Crippen molar-refractivity contribution in [1.82, 2.24) is 0 Å². The first-order valence-corrected chi connectivity index (χ1v) is 13.6. The maximum Gasteiger partial charge on any atom is 0.202 e. The predicted molar refractivity (Wildman–Crippen MR) is 137 cm³/mol. The van der Waals surface area contributed by atoms with Crippen LogP contribution in [0, 0.1) is 0 Å². The molecule has 0 amide bonds. The Kier molecular flexibility index (Phi) is 8.36. The van der Waals surface area contributed by atoms with Crippen molar-refractivity contribution in [2.24, 2.45) is 0 Å². The van der Waals surface area contributed by atoms with Crippen LogP contribution in [0.3, 0.4) is 0 Å². The van der Waals surface area contributed by atoms with E-state index < -0.39 is 82.6 Å². The number of rotatable bonds is 5. The molecule has 1 heterocycles. The third-order valence-electron chi connectivity index (χ3n) is 7.86. The van der Waals surface area contributed by atoms with Crippen LogP contribution in [0.25, 0.3) is 0 Å². The number of fused-ring (bicyclic) bond motifs is 3. The first-order chi connectivity index (χ1) is 18.4. The van der Waals surface area contributed by atoms with E-state index in [4.69, 9.17) is 14.2 Å². The van der Waals surface area contributed by atoms with Gasteiger partial charge in [-0.3, -0.25) is 14.4 Å². The summed E-state index contributed by atoms with van der Waals surface area (Å²) >= 11 is 3.07. The summed E-state index contributed by atoms with van der Waals surface area (Å²) in [7, 11) is 1.34. The SMILES string of the molecule is COc1cccc2c1C(=O)c1c(O)c3c(c(O)c1C2=O)C[C@@](O)(C(=O)CBr)C[C@@H]3O[C@H]1C[C@H]([NH3+])[C@H](O)[C@H](C)O1.[Cl-]. The molecule has 216 valence electrons. The van der Waals surface area contributed by atoms with Crippen molar-refractivity contribution >= 4 is 33.3 Å². The Balaban J connectivity index is 0.00000370. The largest absolute Gasteiger partial charge is 1.00 e. The van der Waals surface area contributed by atoms with Crippen LogP contribution in [-0.2, 0) is 20.7 Å². The summed E-state index contributed by atoms with van der Waals surface area (Å²) in [5, 5.41) is 44.3. The van der Waals surface area contributed by atoms with Crippen LogP contribution in [0.15, 0.2) is 18.2 Å². The quantitative estimate of drug-likeness (QED) is 0.150. The highest BCUT2D eigenvalue weighted by Crippen LogP contribution is 2.52. The molecule has 2 aromatic carbocycles. The molecule has 40 heavy (non-hydrogen) atoms. The lowest BCUT2D eigenvalue weighted by Gasteiger charge is -2.41. The van der Waals surface area contributed by atoms with E-state index in [2.05, 4.69) is 21.7 Å². The van der Waals surface area contributed by atoms with Crippen molar-refractivity contribution < 1.29 is 67.2 Å². The molecule has 2 aliphatic carbocycles. The second kappa shape index (κ2) is 11.0. The zero-order valence-corrected chi connectivity index (χ0v) is 24.0. The number of halogens is 2. The van der Waals surface area contributed by atoms with Gasteiger partial charge in [0.1, 0.15) is 35.0 Å². The van der Waals surface area contributed by atoms with E-state index in [1.807, 2.05) is 0 Å². The summed E-state index contributed by atoms with van der Waals surface area (Å²) in [6, 6.07) is 4.00. The monoisotopic (exact) mass is 641 g/mol. The molecule has 0 spiro atoms. The summed E-state index contributed by atoms with van der Waals surface area (Å²) < 4.78 is 17.2. The molecule has 5 rings (SSSR count). The van der Waals surface area contributed by atoms with Gasteiger partial charge in [0.05, 0.1) is 47.8 Å². The van der Waals surface area contributed by atoms with Crippen molar-refractivity contribution in [3.05, 3.63) is 51.6 Å². The van der Waals surface area contributed by atoms with E-state index >= 15 is 0 Å². The number of quaternary nitrogens is 1. The van der Waals surface area contributed by atoms with Gasteiger partial charge in [0.15, 0.2) is 17.9 Å². The summed E-state index contributed by atoms with van der Waals surface area (Å²) in [5.74, 6) is -3.14. The lowest BCUT2D eigenvalue weighted by atomic mass is 9.72. The fourth-order valence-corrected chi connectivity index (χ4v) is 6.31. The van der Waals surface area contributed by atoms with Gasteiger partial charge in [0.25, 0.3) is 0 Å². The summed E-state index contributed by atoms with van der Waals surface area (Å²) in [6.07, 6.45) is -4.21. The number of aliphatic hydroxyl groups excluding tert-OH is 1. The molecular formula is C27H29BrClNO10. The number of ketones is 3. The molecule has 6 atom stereocenters. The van der Waals surface area contributed by atoms with Crippen LogP contribution in [-0.4, -0.2) is 80.4 Å². The first kappa shape index (κ1) is 30.4. The average molecular weight is 643 g/mol. The Labute approximate surface area is 243 Å².